The lowest BCUT2D eigenvalue weighted by Gasteiger charge is -2.46. The van der Waals surface area contributed by atoms with Crippen LogP contribution in [-0.4, -0.2) is 71.4 Å². The molecule has 0 amide bonds. The van der Waals surface area contributed by atoms with Crippen molar-refractivity contribution in [2.75, 3.05) is 50.1 Å². The lowest BCUT2D eigenvalue weighted by Crippen LogP contribution is -2.58. The van der Waals surface area contributed by atoms with E-state index in [1.165, 1.54) is 11.1 Å². The molecule has 2 atom stereocenters. The minimum Gasteiger partial charge on any atom is -0.462 e. The highest BCUT2D eigenvalue weighted by Crippen LogP contribution is 2.56. The summed E-state index contributed by atoms with van der Waals surface area (Å²) in [5.41, 5.74) is 5.11. The molecule has 9 rings (SSSR count). The van der Waals surface area contributed by atoms with Crippen LogP contribution in [0, 0.1) is 20.2 Å². The minimum absolute atomic E-state index is 0.0327. The Kier molecular flexibility index (Phi) is 7.96. The summed E-state index contributed by atoms with van der Waals surface area (Å²) in [6.45, 7) is 12.5. The highest BCUT2D eigenvalue weighted by molar-refractivity contribution is 5.75. The summed E-state index contributed by atoms with van der Waals surface area (Å²) in [5.74, 6) is 1.33. The van der Waals surface area contributed by atoms with Crippen molar-refractivity contribution in [3.05, 3.63) is 139 Å². The molecule has 5 heterocycles. The molecule has 0 bridgehead atoms. The predicted octanol–water partition coefficient (Wildman–Crippen LogP) is 7.88. The fourth-order valence-corrected chi connectivity index (χ4v) is 9.91. The Morgan fingerprint density at radius 2 is 0.982 bits per heavy atom. The van der Waals surface area contributed by atoms with E-state index in [9.17, 15) is 20.2 Å². The number of nitro benzene ring substituents is 2. The van der Waals surface area contributed by atoms with Crippen LogP contribution in [0.4, 0.5) is 22.7 Å². The Morgan fingerprint density at radius 1 is 0.607 bits per heavy atom. The van der Waals surface area contributed by atoms with Crippen molar-refractivity contribution in [2.45, 2.75) is 63.1 Å². The first-order valence-corrected chi connectivity index (χ1v) is 19.2. The summed E-state index contributed by atoms with van der Waals surface area (Å²) >= 11 is 0. The van der Waals surface area contributed by atoms with Gasteiger partial charge in [-0.1, -0.05) is 36.4 Å². The van der Waals surface area contributed by atoms with Crippen molar-refractivity contribution in [1.82, 2.24) is 9.80 Å². The van der Waals surface area contributed by atoms with Gasteiger partial charge in [0.1, 0.15) is 11.5 Å². The standard InChI is InChI=1S/C44H46N6O6/c1-41(2)35-11-7-9-13-37(35)45(5)43(41)17-15-29-23-33(49(51)52)25-31(39(29)55-43)27-47-19-21-48(22-20-47)28-32-26-34(50(53)54)24-30-16-18-44(56-40(30)32)42(3,4)36-12-8-10-14-38(36)46(44)6/h7-18,23-26H,19-22,27-28H2,1-6H3. The molecule has 12 heteroatoms. The van der Waals surface area contributed by atoms with Crippen LogP contribution >= 0.6 is 0 Å². The van der Waals surface area contributed by atoms with Gasteiger partial charge in [0.15, 0.2) is 0 Å². The summed E-state index contributed by atoms with van der Waals surface area (Å²) in [5, 5.41) is 24.2. The summed E-state index contributed by atoms with van der Waals surface area (Å²) < 4.78 is 14.1. The average molecular weight is 755 g/mol. The number of rotatable bonds is 6. The fourth-order valence-electron chi connectivity index (χ4n) is 9.91. The van der Waals surface area contributed by atoms with Crippen molar-refractivity contribution in [3.8, 4) is 11.5 Å². The van der Waals surface area contributed by atoms with E-state index in [-0.39, 0.29) is 21.2 Å². The van der Waals surface area contributed by atoms with Crippen molar-refractivity contribution in [1.29, 1.82) is 0 Å². The number of para-hydroxylation sites is 2. The molecule has 5 aliphatic heterocycles. The van der Waals surface area contributed by atoms with Gasteiger partial charge in [-0.3, -0.25) is 30.0 Å². The lowest BCUT2D eigenvalue weighted by molar-refractivity contribution is -0.385. The third kappa shape index (κ3) is 5.04. The van der Waals surface area contributed by atoms with Gasteiger partial charge >= 0.3 is 0 Å². The van der Waals surface area contributed by atoms with Gasteiger partial charge < -0.3 is 19.3 Å². The Bertz CT molecular complexity index is 2220. The second kappa shape index (κ2) is 12.4. The van der Waals surface area contributed by atoms with E-state index in [1.54, 1.807) is 24.3 Å². The number of likely N-dealkylation sites (N-methyl/N-ethyl adjacent to an activating group) is 2. The maximum Gasteiger partial charge on any atom is 0.270 e. The number of hydrogen-bond acceptors (Lipinski definition) is 10. The smallest absolute Gasteiger partial charge is 0.270 e. The zero-order valence-corrected chi connectivity index (χ0v) is 32.6. The first-order chi connectivity index (χ1) is 26.7. The van der Waals surface area contributed by atoms with Crippen molar-refractivity contribution in [3.63, 3.8) is 0 Å². The lowest BCUT2D eigenvalue weighted by atomic mass is 9.76. The molecule has 2 spiro atoms. The highest BCUT2D eigenvalue weighted by Gasteiger charge is 2.59. The van der Waals surface area contributed by atoms with Gasteiger partial charge in [-0.25, -0.2) is 0 Å². The highest BCUT2D eigenvalue weighted by atomic mass is 16.6. The van der Waals surface area contributed by atoms with E-state index >= 15 is 0 Å². The molecule has 2 unspecified atom stereocenters. The molecule has 4 aromatic carbocycles. The second-order valence-electron chi connectivity index (χ2n) is 16.8. The largest absolute Gasteiger partial charge is 0.462 e. The number of ether oxygens (including phenoxy) is 2. The van der Waals surface area contributed by atoms with E-state index < -0.39 is 22.3 Å². The number of piperazine rings is 1. The molecule has 4 aromatic rings. The molecule has 1 fully saturated rings. The summed E-state index contributed by atoms with van der Waals surface area (Å²) in [6.07, 6.45) is 8.03. The Labute approximate surface area is 326 Å². The van der Waals surface area contributed by atoms with Gasteiger partial charge in [-0.05, 0) is 75.3 Å². The SMILES string of the molecule is CN1c2ccccc2C(C)(C)C12C=Cc1cc([N+](=O)[O-])cc(CN3CCN(Cc4cc([N+](=O)[O-])cc5c4OC4(C=C5)N(C)c5ccccc5C4(C)C)CC3)c1O2. The minimum atomic E-state index is -0.814. The maximum absolute atomic E-state index is 12.1. The first-order valence-electron chi connectivity index (χ1n) is 19.2. The average Bonchev–Trinajstić information content (AvgIpc) is 3.45. The third-order valence-corrected chi connectivity index (χ3v) is 13.2. The molecular formula is C44H46N6O6. The maximum atomic E-state index is 12.1. The Balaban J connectivity index is 0.965. The summed E-state index contributed by atoms with van der Waals surface area (Å²) in [6, 6.07) is 23.1. The third-order valence-electron chi connectivity index (χ3n) is 13.2. The van der Waals surface area contributed by atoms with E-state index in [0.29, 0.717) is 61.9 Å². The first kappa shape index (κ1) is 35.9. The van der Waals surface area contributed by atoms with Crippen molar-refractivity contribution < 1.29 is 19.3 Å². The number of fused-ring (bicyclic) bond motifs is 4. The van der Waals surface area contributed by atoms with Crippen LogP contribution in [0.25, 0.3) is 12.2 Å². The van der Waals surface area contributed by atoms with E-state index in [0.717, 1.165) is 22.5 Å². The van der Waals surface area contributed by atoms with Crippen LogP contribution in [0.3, 0.4) is 0 Å². The van der Waals surface area contributed by atoms with Gasteiger partial charge in [0, 0.05) is 111 Å². The number of benzene rings is 4. The van der Waals surface area contributed by atoms with Crippen molar-refractivity contribution >= 4 is 34.9 Å². The Morgan fingerprint density at radius 3 is 1.34 bits per heavy atom. The molecule has 0 saturated carbocycles. The molecule has 0 N–H and O–H groups in total. The van der Waals surface area contributed by atoms with Crippen LogP contribution in [0.5, 0.6) is 11.5 Å². The zero-order valence-electron chi connectivity index (χ0n) is 32.6. The normalized spacial score (nSPS) is 24.0. The fraction of sp³-hybridized carbons (Fsp3) is 0.364. The van der Waals surface area contributed by atoms with Gasteiger partial charge in [-0.2, -0.15) is 0 Å². The van der Waals surface area contributed by atoms with Crippen LogP contribution in [0.15, 0.2) is 84.9 Å². The number of nitrogens with zero attached hydrogens (tertiary/aromatic N) is 6. The van der Waals surface area contributed by atoms with Crippen LogP contribution in [0.2, 0.25) is 0 Å². The molecule has 288 valence electrons. The number of nitro groups is 2. The topological polar surface area (TPSA) is 118 Å². The van der Waals surface area contributed by atoms with E-state index in [2.05, 4.69) is 71.6 Å². The number of non-ortho nitro benzene ring substituents is 2. The number of anilines is 2. The molecule has 1 saturated heterocycles. The van der Waals surface area contributed by atoms with E-state index in [4.69, 9.17) is 9.47 Å². The predicted molar refractivity (Wildman–Crippen MR) is 217 cm³/mol. The molecule has 0 radical (unpaired) electrons. The molecular weight excluding hydrogens is 709 g/mol. The van der Waals surface area contributed by atoms with Crippen LogP contribution in [0.1, 0.15) is 61.1 Å². The van der Waals surface area contributed by atoms with E-state index in [1.807, 2.05) is 62.7 Å². The second-order valence-corrected chi connectivity index (χ2v) is 16.8. The van der Waals surface area contributed by atoms with Gasteiger partial charge in [0.05, 0.1) is 20.7 Å². The number of hydrogen-bond donors (Lipinski definition) is 0. The van der Waals surface area contributed by atoms with Gasteiger partial charge in [0.25, 0.3) is 11.4 Å². The summed E-state index contributed by atoms with van der Waals surface area (Å²) in [4.78, 5) is 32.5. The van der Waals surface area contributed by atoms with Gasteiger partial charge in [-0.15, -0.1) is 0 Å². The van der Waals surface area contributed by atoms with Crippen LogP contribution < -0.4 is 19.3 Å². The molecule has 0 aromatic heterocycles. The van der Waals surface area contributed by atoms with Gasteiger partial charge in [0.2, 0.25) is 11.4 Å². The quantitative estimate of drug-likeness (QED) is 0.142. The molecule has 0 aliphatic carbocycles. The van der Waals surface area contributed by atoms with Crippen LogP contribution in [-0.2, 0) is 23.9 Å². The zero-order chi connectivity index (χ0) is 39.4. The molecule has 56 heavy (non-hydrogen) atoms. The van der Waals surface area contributed by atoms with Crippen molar-refractivity contribution in [2.24, 2.45) is 0 Å². The monoisotopic (exact) mass is 754 g/mol. The molecule has 12 nitrogen and oxygen atoms in total. The Hall–Kier alpha value is -5.72. The molecule has 5 aliphatic rings. The summed E-state index contributed by atoms with van der Waals surface area (Å²) in [7, 11) is 4.08.